The second-order valence-electron chi connectivity index (χ2n) is 5.36. The van der Waals surface area contributed by atoms with E-state index in [9.17, 15) is 0 Å². The number of hydrogen-bond acceptors (Lipinski definition) is 3. The largest absolute Gasteiger partial charge is 0.393 e. The maximum absolute atomic E-state index is 5.80. The molecule has 2 aliphatic heterocycles. The van der Waals surface area contributed by atoms with E-state index in [-0.39, 0.29) is 5.41 Å². The molecule has 0 aromatic heterocycles. The third-order valence-corrected chi connectivity index (χ3v) is 4.53. The van der Waals surface area contributed by atoms with Gasteiger partial charge in [0.25, 0.3) is 0 Å². The molecule has 16 heavy (non-hydrogen) atoms. The Morgan fingerprint density at radius 3 is 2.69 bits per heavy atom. The van der Waals surface area contributed by atoms with Gasteiger partial charge in [-0.2, -0.15) is 0 Å². The summed E-state index contributed by atoms with van der Waals surface area (Å²) < 4.78 is 5.66. The molecule has 3 nitrogen and oxygen atoms in total. The highest BCUT2D eigenvalue weighted by Crippen LogP contribution is 2.31. The molecule has 4 heteroatoms. The third-order valence-electron chi connectivity index (χ3n) is 4.04. The minimum atomic E-state index is 0.0857. The Hall–Kier alpha value is -0.190. The fourth-order valence-corrected chi connectivity index (χ4v) is 2.76. The van der Waals surface area contributed by atoms with Gasteiger partial charge in [0.1, 0.15) is 0 Å². The normalized spacial score (nSPS) is 30.4. The number of hydrogen-bond donors (Lipinski definition) is 1. The molecule has 0 amide bonds. The first kappa shape index (κ1) is 12.3. The lowest BCUT2D eigenvalue weighted by Gasteiger charge is -2.39. The Bertz CT molecular complexity index is 256. The number of nitrogens with two attached hydrogens (primary N) is 1. The second kappa shape index (κ2) is 4.98. The first-order valence-corrected chi connectivity index (χ1v) is 6.65. The van der Waals surface area contributed by atoms with E-state index >= 15 is 0 Å². The van der Waals surface area contributed by atoms with Crippen LogP contribution in [0.15, 0.2) is 0 Å². The molecule has 2 rings (SSSR count). The Labute approximate surface area is 103 Å². The molecular formula is C12H22N2OS. The van der Waals surface area contributed by atoms with Gasteiger partial charge in [-0.3, -0.25) is 0 Å². The van der Waals surface area contributed by atoms with E-state index in [2.05, 4.69) is 11.8 Å². The first-order valence-electron chi connectivity index (χ1n) is 6.24. The fourth-order valence-electron chi connectivity index (χ4n) is 2.55. The van der Waals surface area contributed by atoms with Crippen molar-refractivity contribution < 1.29 is 4.74 Å². The van der Waals surface area contributed by atoms with Crippen molar-refractivity contribution in [1.82, 2.24) is 4.90 Å². The molecule has 2 saturated heterocycles. The van der Waals surface area contributed by atoms with Gasteiger partial charge in [-0.15, -0.1) is 0 Å². The highest BCUT2D eigenvalue weighted by molar-refractivity contribution is 7.80. The summed E-state index contributed by atoms with van der Waals surface area (Å²) in [4.78, 5) is 3.18. The van der Waals surface area contributed by atoms with E-state index in [4.69, 9.17) is 22.7 Å². The highest BCUT2D eigenvalue weighted by atomic mass is 32.1. The predicted octanol–water partition coefficient (Wildman–Crippen LogP) is 1.55. The maximum atomic E-state index is 5.80. The van der Waals surface area contributed by atoms with Crippen LogP contribution in [0.1, 0.15) is 32.6 Å². The number of thiocarbonyl (C=S) groups is 1. The summed E-state index contributed by atoms with van der Waals surface area (Å²) in [6.45, 7) is 6.44. The molecule has 1 unspecified atom stereocenters. The van der Waals surface area contributed by atoms with Crippen molar-refractivity contribution in [3.63, 3.8) is 0 Å². The van der Waals surface area contributed by atoms with E-state index < -0.39 is 0 Å². The minimum absolute atomic E-state index is 0.0857. The molecule has 2 aliphatic rings. The molecule has 2 heterocycles. The SMILES string of the molecule is CC1(C(N)=S)CCN(CC2CCCO2)CC1. The van der Waals surface area contributed by atoms with Crippen molar-refractivity contribution in [2.45, 2.75) is 38.7 Å². The number of rotatable bonds is 3. The van der Waals surface area contributed by atoms with Crippen LogP contribution in [0.5, 0.6) is 0 Å². The van der Waals surface area contributed by atoms with Gasteiger partial charge in [0.2, 0.25) is 0 Å². The van der Waals surface area contributed by atoms with E-state index in [1.807, 2.05) is 0 Å². The van der Waals surface area contributed by atoms with E-state index in [0.717, 1.165) is 39.1 Å². The third kappa shape index (κ3) is 2.73. The van der Waals surface area contributed by atoms with Crippen LogP contribution in [0.25, 0.3) is 0 Å². The lowest BCUT2D eigenvalue weighted by Crippen LogP contribution is -2.46. The van der Waals surface area contributed by atoms with Crippen LogP contribution in [-0.4, -0.2) is 42.2 Å². The molecule has 0 aromatic carbocycles. The van der Waals surface area contributed by atoms with Crippen LogP contribution in [0.4, 0.5) is 0 Å². The Morgan fingerprint density at radius 2 is 2.19 bits per heavy atom. The summed E-state index contributed by atoms with van der Waals surface area (Å²) in [5.41, 5.74) is 5.88. The van der Waals surface area contributed by atoms with Crippen LogP contribution in [0, 0.1) is 5.41 Å². The van der Waals surface area contributed by atoms with Gasteiger partial charge in [-0.1, -0.05) is 19.1 Å². The molecule has 2 N–H and O–H groups in total. The van der Waals surface area contributed by atoms with Crippen molar-refractivity contribution in [2.24, 2.45) is 11.1 Å². The highest BCUT2D eigenvalue weighted by Gasteiger charge is 2.33. The average molecular weight is 242 g/mol. The zero-order valence-corrected chi connectivity index (χ0v) is 10.9. The lowest BCUT2D eigenvalue weighted by atomic mass is 9.80. The van der Waals surface area contributed by atoms with Crippen LogP contribution in [0.3, 0.4) is 0 Å². The van der Waals surface area contributed by atoms with Crippen LogP contribution in [0.2, 0.25) is 0 Å². The summed E-state index contributed by atoms with van der Waals surface area (Å²) in [6, 6.07) is 0. The summed E-state index contributed by atoms with van der Waals surface area (Å²) in [6.07, 6.45) is 5.10. The minimum Gasteiger partial charge on any atom is -0.393 e. The standard InChI is InChI=1S/C12H22N2OS/c1-12(11(13)16)4-6-14(7-5-12)9-10-3-2-8-15-10/h10H,2-9H2,1H3,(H2,13,16). The monoisotopic (exact) mass is 242 g/mol. The summed E-state index contributed by atoms with van der Waals surface area (Å²) in [5, 5.41) is 0. The van der Waals surface area contributed by atoms with Crippen LogP contribution in [-0.2, 0) is 4.74 Å². The van der Waals surface area contributed by atoms with E-state index in [1.54, 1.807) is 0 Å². The maximum Gasteiger partial charge on any atom is 0.0788 e. The molecule has 0 bridgehead atoms. The van der Waals surface area contributed by atoms with Gasteiger partial charge in [-0.25, -0.2) is 0 Å². The molecular weight excluding hydrogens is 220 g/mol. The summed E-state index contributed by atoms with van der Waals surface area (Å²) in [5.74, 6) is 0. The van der Waals surface area contributed by atoms with Crippen molar-refractivity contribution >= 4 is 17.2 Å². The van der Waals surface area contributed by atoms with Crippen molar-refractivity contribution in [2.75, 3.05) is 26.2 Å². The zero-order valence-electron chi connectivity index (χ0n) is 10.1. The smallest absolute Gasteiger partial charge is 0.0788 e. The number of piperidine rings is 1. The quantitative estimate of drug-likeness (QED) is 0.762. The molecule has 0 saturated carbocycles. The summed E-state index contributed by atoms with van der Waals surface area (Å²) >= 11 is 5.15. The second-order valence-corrected chi connectivity index (χ2v) is 5.80. The molecule has 0 spiro atoms. The van der Waals surface area contributed by atoms with Crippen molar-refractivity contribution in [3.8, 4) is 0 Å². The van der Waals surface area contributed by atoms with Crippen molar-refractivity contribution in [1.29, 1.82) is 0 Å². The van der Waals surface area contributed by atoms with Crippen LogP contribution >= 0.6 is 12.2 Å². The summed E-state index contributed by atoms with van der Waals surface area (Å²) in [7, 11) is 0. The van der Waals surface area contributed by atoms with E-state index in [1.165, 1.54) is 12.8 Å². The number of ether oxygens (including phenoxy) is 1. The fraction of sp³-hybridized carbons (Fsp3) is 0.917. The van der Waals surface area contributed by atoms with Gasteiger partial charge >= 0.3 is 0 Å². The van der Waals surface area contributed by atoms with Gasteiger partial charge in [-0.05, 0) is 38.8 Å². The topological polar surface area (TPSA) is 38.5 Å². The number of nitrogens with zero attached hydrogens (tertiary/aromatic N) is 1. The number of likely N-dealkylation sites (tertiary alicyclic amines) is 1. The molecule has 0 aliphatic carbocycles. The van der Waals surface area contributed by atoms with E-state index in [0.29, 0.717) is 11.1 Å². The lowest BCUT2D eigenvalue weighted by molar-refractivity contribution is 0.0559. The van der Waals surface area contributed by atoms with Gasteiger partial charge in [0, 0.05) is 18.6 Å². The molecule has 0 aromatic rings. The predicted molar refractivity (Wildman–Crippen MR) is 69.5 cm³/mol. The van der Waals surface area contributed by atoms with Crippen LogP contribution < -0.4 is 5.73 Å². The van der Waals surface area contributed by atoms with Crippen molar-refractivity contribution in [3.05, 3.63) is 0 Å². The molecule has 1 atom stereocenters. The molecule has 92 valence electrons. The first-order chi connectivity index (χ1) is 7.60. The van der Waals surface area contributed by atoms with Gasteiger partial charge in [0.05, 0.1) is 11.1 Å². The molecule has 2 fully saturated rings. The Kier molecular flexibility index (Phi) is 3.82. The Morgan fingerprint density at radius 1 is 1.50 bits per heavy atom. The Balaban J connectivity index is 1.78. The average Bonchev–Trinajstić information content (AvgIpc) is 2.74. The van der Waals surface area contributed by atoms with Gasteiger partial charge < -0.3 is 15.4 Å². The zero-order chi connectivity index (χ0) is 11.6. The molecule has 0 radical (unpaired) electrons. The van der Waals surface area contributed by atoms with Gasteiger partial charge in [0.15, 0.2) is 0 Å².